The first-order valence-electron chi connectivity index (χ1n) is 7.24. The number of amides is 1. The lowest BCUT2D eigenvalue weighted by atomic mass is 10.0. The van der Waals surface area contributed by atoms with Gasteiger partial charge in [-0.15, -0.1) is 0 Å². The summed E-state index contributed by atoms with van der Waals surface area (Å²) in [7, 11) is 0. The topological polar surface area (TPSA) is 54.4 Å². The molecule has 0 spiro atoms. The van der Waals surface area contributed by atoms with Crippen LogP contribution in [-0.2, 0) is 9.54 Å². The molecule has 1 fully saturated rings. The van der Waals surface area contributed by atoms with Gasteiger partial charge in [0.2, 0.25) is 5.91 Å². The number of nitrogens with one attached hydrogen (secondary N) is 1. The van der Waals surface area contributed by atoms with Crippen LogP contribution in [0.2, 0.25) is 0 Å². The van der Waals surface area contributed by atoms with Gasteiger partial charge in [-0.3, -0.25) is 14.8 Å². The molecule has 1 aromatic heterocycles. The van der Waals surface area contributed by atoms with Crippen molar-refractivity contribution in [1.82, 2.24) is 10.3 Å². The summed E-state index contributed by atoms with van der Waals surface area (Å²) >= 11 is 1.34. The number of carbonyl (C=O) groups is 1. The molecule has 1 N–H and O–H groups in total. The number of nitrogens with zero attached hydrogens (tertiary/aromatic N) is 2. The van der Waals surface area contributed by atoms with E-state index in [1.165, 1.54) is 17.8 Å². The Morgan fingerprint density at radius 2 is 1.96 bits per heavy atom. The fraction of sp³-hybridized carbons (Fsp3) is 0.235. The molecule has 1 aliphatic rings. The lowest BCUT2D eigenvalue weighted by molar-refractivity contribution is -0.121. The average Bonchev–Trinajstić information content (AvgIpc) is 2.84. The van der Waals surface area contributed by atoms with Gasteiger partial charge < -0.3 is 5.32 Å². The van der Waals surface area contributed by atoms with E-state index in [9.17, 15) is 9.18 Å². The molecule has 3 rings (SSSR count). The number of halogens is 1. The molecule has 23 heavy (non-hydrogen) atoms. The zero-order valence-electron chi connectivity index (χ0n) is 12.8. The second-order valence-corrected chi connectivity index (χ2v) is 6.86. The van der Waals surface area contributed by atoms with Gasteiger partial charge in [0, 0.05) is 18.0 Å². The summed E-state index contributed by atoms with van der Waals surface area (Å²) in [6.45, 7) is 3.65. The minimum Gasteiger partial charge on any atom is -0.304 e. The number of thioether (sulfide) groups is 1. The molecule has 0 radical (unpaired) electrons. The van der Waals surface area contributed by atoms with Gasteiger partial charge in [0.25, 0.3) is 0 Å². The Labute approximate surface area is 138 Å². The number of hydrogen-bond acceptors (Lipinski definition) is 4. The Morgan fingerprint density at radius 1 is 1.26 bits per heavy atom. The lowest BCUT2D eigenvalue weighted by Crippen LogP contribution is -2.31. The highest BCUT2D eigenvalue weighted by Crippen LogP contribution is 2.41. The highest BCUT2D eigenvalue weighted by atomic mass is 32.2. The second kappa shape index (κ2) is 6.12. The van der Waals surface area contributed by atoms with E-state index in [4.69, 9.17) is 0 Å². The first-order chi connectivity index (χ1) is 11.0. The molecular weight excluding hydrogens is 313 g/mol. The zero-order chi connectivity index (χ0) is 16.4. The van der Waals surface area contributed by atoms with E-state index < -0.39 is 4.75 Å². The van der Waals surface area contributed by atoms with Gasteiger partial charge in [0.05, 0.1) is 6.04 Å². The van der Waals surface area contributed by atoms with Crippen LogP contribution in [-0.4, -0.2) is 16.1 Å². The van der Waals surface area contributed by atoms with Crippen LogP contribution in [0.15, 0.2) is 53.8 Å². The number of aromatic nitrogens is 1. The molecular formula is C17H16FN3OS. The van der Waals surface area contributed by atoms with Crippen LogP contribution in [0.1, 0.15) is 31.0 Å². The predicted octanol–water partition coefficient (Wildman–Crippen LogP) is 3.42. The van der Waals surface area contributed by atoms with E-state index in [2.05, 4.69) is 15.3 Å². The van der Waals surface area contributed by atoms with E-state index in [0.29, 0.717) is 10.7 Å². The van der Waals surface area contributed by atoms with Gasteiger partial charge in [0.1, 0.15) is 10.6 Å². The molecule has 1 amide bonds. The molecule has 6 heteroatoms. The molecule has 2 atom stereocenters. The maximum absolute atomic E-state index is 13.8. The highest BCUT2D eigenvalue weighted by Gasteiger charge is 2.44. The fourth-order valence-electron chi connectivity index (χ4n) is 2.46. The zero-order valence-corrected chi connectivity index (χ0v) is 13.6. The first-order valence-corrected chi connectivity index (χ1v) is 8.05. The minimum absolute atomic E-state index is 0.131. The van der Waals surface area contributed by atoms with E-state index in [-0.39, 0.29) is 17.8 Å². The molecule has 2 aromatic rings. The predicted molar refractivity (Wildman–Crippen MR) is 89.6 cm³/mol. The molecule has 0 aliphatic carbocycles. The van der Waals surface area contributed by atoms with Crippen molar-refractivity contribution in [3.63, 3.8) is 0 Å². The monoisotopic (exact) mass is 329 g/mol. The third kappa shape index (κ3) is 2.99. The van der Waals surface area contributed by atoms with Gasteiger partial charge in [0.15, 0.2) is 5.17 Å². The van der Waals surface area contributed by atoms with Crippen LogP contribution in [0.3, 0.4) is 0 Å². The third-order valence-electron chi connectivity index (χ3n) is 3.85. The summed E-state index contributed by atoms with van der Waals surface area (Å²) in [6.07, 6.45) is 3.32. The molecule has 1 unspecified atom stereocenters. The second-order valence-electron chi connectivity index (χ2n) is 5.46. The standard InChI is InChI=1S/C17H16FN3OS/c1-11(13-5-3-4-6-14(13)18)20-16-21-15(22)17(2,23-16)12-7-9-19-10-8-12/h3-11H,1-2H3,(H,20,21,22)/t11-,17?/m0/s1. The van der Waals surface area contributed by atoms with Gasteiger partial charge in [-0.2, -0.15) is 0 Å². The van der Waals surface area contributed by atoms with Crippen molar-refractivity contribution in [3.8, 4) is 0 Å². The summed E-state index contributed by atoms with van der Waals surface area (Å²) in [5.74, 6) is -0.427. The van der Waals surface area contributed by atoms with Crippen LogP contribution < -0.4 is 5.32 Å². The summed E-state index contributed by atoms with van der Waals surface area (Å²) in [4.78, 5) is 20.8. The molecule has 0 bridgehead atoms. The largest absolute Gasteiger partial charge is 0.304 e. The lowest BCUT2D eigenvalue weighted by Gasteiger charge is -2.18. The maximum Gasteiger partial charge on any atom is 0.246 e. The first kappa shape index (κ1) is 15.7. The van der Waals surface area contributed by atoms with Crippen molar-refractivity contribution < 1.29 is 9.18 Å². The Balaban J connectivity index is 1.86. The van der Waals surface area contributed by atoms with Gasteiger partial charge >= 0.3 is 0 Å². The number of carbonyl (C=O) groups excluding carboxylic acids is 1. The Kier molecular flexibility index (Phi) is 4.17. The molecule has 118 valence electrons. The quantitative estimate of drug-likeness (QED) is 0.939. The van der Waals surface area contributed by atoms with Crippen molar-refractivity contribution in [2.45, 2.75) is 24.6 Å². The molecule has 4 nitrogen and oxygen atoms in total. The summed E-state index contributed by atoms with van der Waals surface area (Å²) in [6, 6.07) is 9.79. The third-order valence-corrected chi connectivity index (χ3v) is 5.08. The van der Waals surface area contributed by atoms with Crippen LogP contribution in [0, 0.1) is 5.82 Å². The molecule has 1 saturated heterocycles. The van der Waals surface area contributed by atoms with Crippen LogP contribution >= 0.6 is 11.8 Å². The van der Waals surface area contributed by atoms with Crippen LogP contribution in [0.4, 0.5) is 4.39 Å². The number of hydrogen-bond donors (Lipinski definition) is 1. The van der Waals surface area contributed by atoms with Gasteiger partial charge in [-0.1, -0.05) is 30.0 Å². The van der Waals surface area contributed by atoms with Gasteiger partial charge in [-0.25, -0.2) is 4.39 Å². The molecule has 1 aliphatic heterocycles. The molecule has 0 saturated carbocycles. The van der Waals surface area contributed by atoms with Gasteiger partial charge in [-0.05, 0) is 37.6 Å². The van der Waals surface area contributed by atoms with E-state index >= 15 is 0 Å². The van der Waals surface area contributed by atoms with E-state index in [0.717, 1.165) is 5.56 Å². The summed E-state index contributed by atoms with van der Waals surface area (Å²) < 4.78 is 13.1. The van der Waals surface area contributed by atoms with Crippen molar-refractivity contribution in [1.29, 1.82) is 0 Å². The normalized spacial score (nSPS) is 23.8. The fourth-order valence-corrected chi connectivity index (χ4v) is 3.60. The minimum atomic E-state index is -0.753. The Bertz CT molecular complexity index is 765. The van der Waals surface area contributed by atoms with Crippen molar-refractivity contribution in [2.24, 2.45) is 4.99 Å². The van der Waals surface area contributed by atoms with Crippen molar-refractivity contribution in [3.05, 3.63) is 65.7 Å². The van der Waals surface area contributed by atoms with Crippen LogP contribution in [0.25, 0.3) is 0 Å². The summed E-state index contributed by atoms with van der Waals surface area (Å²) in [5.41, 5.74) is 1.37. The van der Waals surface area contributed by atoms with Crippen molar-refractivity contribution >= 4 is 22.8 Å². The maximum atomic E-state index is 13.8. The van der Waals surface area contributed by atoms with E-state index in [1.54, 1.807) is 37.5 Å². The van der Waals surface area contributed by atoms with E-state index in [1.807, 2.05) is 19.1 Å². The smallest absolute Gasteiger partial charge is 0.246 e. The van der Waals surface area contributed by atoms with Crippen LogP contribution in [0.5, 0.6) is 0 Å². The number of pyridine rings is 1. The average molecular weight is 329 g/mol. The number of benzene rings is 1. The van der Waals surface area contributed by atoms with Crippen molar-refractivity contribution in [2.75, 3.05) is 0 Å². The Hall–Kier alpha value is -2.21. The molecule has 2 heterocycles. The number of aliphatic imine (C=N–C) groups is 1. The SMILES string of the molecule is C[C@H](N=C1NC(=O)C(C)(c2ccncc2)S1)c1ccccc1F. The Morgan fingerprint density at radius 3 is 2.65 bits per heavy atom. The number of rotatable bonds is 3. The summed E-state index contributed by atoms with van der Waals surface area (Å²) in [5, 5.41) is 3.30. The molecule has 1 aromatic carbocycles. The number of amidine groups is 1. The highest BCUT2D eigenvalue weighted by molar-refractivity contribution is 8.15.